The first-order chi connectivity index (χ1) is 9.67. The molecule has 1 heterocycles. The van der Waals surface area contributed by atoms with Crippen molar-refractivity contribution in [3.63, 3.8) is 0 Å². The van der Waals surface area contributed by atoms with Crippen molar-refractivity contribution >= 4 is 11.9 Å². The summed E-state index contributed by atoms with van der Waals surface area (Å²) in [4.78, 5) is 23.9. The molecule has 114 valence electrons. The predicted octanol–water partition coefficient (Wildman–Crippen LogP) is 2.30. The summed E-state index contributed by atoms with van der Waals surface area (Å²) < 4.78 is 51.7. The second-order valence-corrected chi connectivity index (χ2v) is 4.87. The van der Waals surface area contributed by atoms with Gasteiger partial charge < -0.3 is 10.0 Å². The van der Waals surface area contributed by atoms with E-state index in [2.05, 4.69) is 0 Å². The number of halogens is 4. The molecule has 0 bridgehead atoms. The molecule has 21 heavy (non-hydrogen) atoms. The molecule has 1 atom stereocenters. The number of amides is 1. The fraction of sp³-hybridized carbons (Fsp3) is 0.385. The maximum absolute atomic E-state index is 13.0. The van der Waals surface area contributed by atoms with Crippen LogP contribution in [0.3, 0.4) is 0 Å². The van der Waals surface area contributed by atoms with Crippen LogP contribution < -0.4 is 0 Å². The number of benzene rings is 1. The number of carboxylic acids is 1. The maximum Gasteiger partial charge on any atom is 0.406 e. The van der Waals surface area contributed by atoms with Crippen molar-refractivity contribution in [3.05, 3.63) is 35.6 Å². The van der Waals surface area contributed by atoms with Gasteiger partial charge in [0.25, 0.3) is 5.91 Å². The van der Waals surface area contributed by atoms with E-state index in [0.29, 0.717) is 0 Å². The Morgan fingerprint density at radius 1 is 1.19 bits per heavy atom. The van der Waals surface area contributed by atoms with Gasteiger partial charge in [0, 0.05) is 18.7 Å². The molecule has 1 aliphatic rings. The van der Waals surface area contributed by atoms with Gasteiger partial charge in [-0.15, -0.1) is 0 Å². The Bertz CT molecular complexity index is 570. The number of hydrogen-bond acceptors (Lipinski definition) is 2. The molecular formula is C13H11F4NO3. The smallest absolute Gasteiger partial charge is 0.406 e. The van der Waals surface area contributed by atoms with Crippen molar-refractivity contribution in [3.8, 4) is 0 Å². The zero-order valence-corrected chi connectivity index (χ0v) is 10.7. The third kappa shape index (κ3) is 2.57. The van der Waals surface area contributed by atoms with Gasteiger partial charge in [0.05, 0.1) is 0 Å². The van der Waals surface area contributed by atoms with Gasteiger partial charge >= 0.3 is 12.1 Å². The Morgan fingerprint density at radius 3 is 2.19 bits per heavy atom. The largest absolute Gasteiger partial charge is 0.481 e. The molecule has 2 rings (SSSR count). The molecule has 1 amide bonds. The van der Waals surface area contributed by atoms with E-state index in [9.17, 15) is 27.2 Å². The lowest BCUT2D eigenvalue weighted by molar-refractivity contribution is -0.227. The summed E-state index contributed by atoms with van der Waals surface area (Å²) in [5.41, 5.74) is -2.93. The molecule has 1 aromatic rings. The first-order valence-electron chi connectivity index (χ1n) is 6.02. The summed E-state index contributed by atoms with van der Waals surface area (Å²) in [6, 6.07) is 4.31. The van der Waals surface area contributed by atoms with E-state index in [1.54, 1.807) is 0 Å². The molecule has 0 saturated carbocycles. The summed E-state index contributed by atoms with van der Waals surface area (Å²) in [5, 5.41) is 8.90. The van der Waals surface area contributed by atoms with E-state index in [0.717, 1.165) is 29.2 Å². The molecule has 1 aromatic carbocycles. The quantitative estimate of drug-likeness (QED) is 0.853. The van der Waals surface area contributed by atoms with Gasteiger partial charge in [0.2, 0.25) is 0 Å². The summed E-state index contributed by atoms with van der Waals surface area (Å²) in [5.74, 6) is -3.32. The molecule has 1 fully saturated rings. The molecule has 1 aliphatic heterocycles. The van der Waals surface area contributed by atoms with Crippen molar-refractivity contribution in [2.45, 2.75) is 12.6 Å². The summed E-state index contributed by atoms with van der Waals surface area (Å²) in [7, 11) is 0. The Kier molecular flexibility index (Phi) is 3.65. The highest BCUT2D eigenvalue weighted by Crippen LogP contribution is 2.45. The minimum absolute atomic E-state index is 0.0137. The average molecular weight is 305 g/mol. The molecule has 0 aromatic heterocycles. The summed E-state index contributed by atoms with van der Waals surface area (Å²) >= 11 is 0. The average Bonchev–Trinajstić information content (AvgIpc) is 2.84. The normalized spacial score (nSPS) is 22.4. The SMILES string of the molecule is O=C(c1ccc(F)cc1)N1CCC(C(=O)O)(C(F)(F)F)C1. The van der Waals surface area contributed by atoms with Crippen molar-refractivity contribution in [2.24, 2.45) is 5.41 Å². The predicted molar refractivity (Wildman–Crippen MR) is 63.0 cm³/mol. The number of likely N-dealkylation sites (tertiary alicyclic amines) is 1. The topological polar surface area (TPSA) is 57.6 Å². The van der Waals surface area contributed by atoms with Crippen molar-refractivity contribution in [1.29, 1.82) is 0 Å². The minimum atomic E-state index is -4.95. The Labute approximate surface area is 117 Å². The van der Waals surface area contributed by atoms with E-state index in [1.165, 1.54) is 0 Å². The fourth-order valence-corrected chi connectivity index (χ4v) is 2.29. The summed E-state index contributed by atoms with van der Waals surface area (Å²) in [6.07, 6.45) is -5.64. The number of nitrogens with zero attached hydrogens (tertiary/aromatic N) is 1. The van der Waals surface area contributed by atoms with E-state index in [-0.39, 0.29) is 12.1 Å². The zero-order chi connectivity index (χ0) is 15.8. The third-order valence-electron chi connectivity index (χ3n) is 3.60. The van der Waals surface area contributed by atoms with Crippen molar-refractivity contribution < 1.29 is 32.3 Å². The molecule has 1 saturated heterocycles. The number of carbonyl (C=O) groups is 2. The van der Waals surface area contributed by atoms with Gasteiger partial charge in [-0.25, -0.2) is 4.39 Å². The van der Waals surface area contributed by atoms with Crippen molar-refractivity contribution in [1.82, 2.24) is 4.90 Å². The van der Waals surface area contributed by atoms with Gasteiger partial charge in [-0.3, -0.25) is 9.59 Å². The third-order valence-corrected chi connectivity index (χ3v) is 3.60. The second-order valence-electron chi connectivity index (χ2n) is 4.87. The first kappa shape index (κ1) is 15.3. The van der Waals surface area contributed by atoms with Gasteiger partial charge in [-0.2, -0.15) is 13.2 Å². The van der Waals surface area contributed by atoms with Crippen LogP contribution in [0.5, 0.6) is 0 Å². The number of hydrogen-bond donors (Lipinski definition) is 1. The molecule has 4 nitrogen and oxygen atoms in total. The lowest BCUT2D eigenvalue weighted by atomic mass is 9.86. The molecule has 0 aliphatic carbocycles. The highest BCUT2D eigenvalue weighted by molar-refractivity contribution is 5.95. The van der Waals surface area contributed by atoms with Crippen LogP contribution >= 0.6 is 0 Å². The van der Waals surface area contributed by atoms with E-state index in [4.69, 9.17) is 5.11 Å². The lowest BCUT2D eigenvalue weighted by Gasteiger charge is -2.27. The van der Waals surface area contributed by atoms with E-state index >= 15 is 0 Å². The number of rotatable bonds is 2. The fourth-order valence-electron chi connectivity index (χ4n) is 2.29. The van der Waals surface area contributed by atoms with Gasteiger partial charge in [0.15, 0.2) is 5.41 Å². The molecule has 8 heteroatoms. The molecule has 1 unspecified atom stereocenters. The van der Waals surface area contributed by atoms with Gasteiger partial charge in [-0.1, -0.05) is 0 Å². The standard InChI is InChI=1S/C13H11F4NO3/c14-9-3-1-8(2-4-9)10(19)18-6-5-12(7-18,11(20)21)13(15,16)17/h1-4H,5-7H2,(H,20,21). The van der Waals surface area contributed by atoms with E-state index in [1.807, 2.05) is 0 Å². The minimum Gasteiger partial charge on any atom is -0.481 e. The lowest BCUT2D eigenvalue weighted by Crippen LogP contribution is -2.47. The Morgan fingerprint density at radius 2 is 1.76 bits per heavy atom. The van der Waals surface area contributed by atoms with Crippen LogP contribution in [0.4, 0.5) is 17.6 Å². The van der Waals surface area contributed by atoms with Crippen LogP contribution in [0.15, 0.2) is 24.3 Å². The maximum atomic E-state index is 13.0. The molecule has 1 N–H and O–H groups in total. The summed E-state index contributed by atoms with van der Waals surface area (Å²) in [6.45, 7) is -1.26. The van der Waals surface area contributed by atoms with Gasteiger partial charge in [0.1, 0.15) is 5.82 Å². The Balaban J connectivity index is 2.23. The second kappa shape index (κ2) is 5.01. The van der Waals surface area contributed by atoms with Crippen molar-refractivity contribution in [2.75, 3.05) is 13.1 Å². The highest BCUT2D eigenvalue weighted by Gasteiger charge is 2.64. The van der Waals surface area contributed by atoms with Crippen LogP contribution in [-0.4, -0.2) is 41.1 Å². The monoisotopic (exact) mass is 305 g/mol. The zero-order valence-electron chi connectivity index (χ0n) is 10.7. The highest BCUT2D eigenvalue weighted by atomic mass is 19.4. The Hall–Kier alpha value is -2.12. The number of carbonyl (C=O) groups excluding carboxylic acids is 1. The van der Waals surface area contributed by atoms with Crippen LogP contribution in [0.25, 0.3) is 0 Å². The molecular weight excluding hydrogens is 294 g/mol. The van der Waals surface area contributed by atoms with Gasteiger partial charge in [-0.05, 0) is 30.7 Å². The first-order valence-corrected chi connectivity index (χ1v) is 6.02. The van der Waals surface area contributed by atoms with E-state index < -0.39 is 42.3 Å². The molecule has 0 spiro atoms. The molecule has 0 radical (unpaired) electrons. The number of alkyl halides is 3. The number of aliphatic carboxylic acids is 1. The van der Waals surface area contributed by atoms with Crippen LogP contribution in [-0.2, 0) is 4.79 Å². The number of carboxylic acid groups (broad SMARTS) is 1. The van der Waals surface area contributed by atoms with Crippen LogP contribution in [0, 0.1) is 11.2 Å². The van der Waals surface area contributed by atoms with Crippen LogP contribution in [0.2, 0.25) is 0 Å². The van der Waals surface area contributed by atoms with Crippen LogP contribution in [0.1, 0.15) is 16.8 Å².